The van der Waals surface area contributed by atoms with E-state index in [9.17, 15) is 0 Å². The summed E-state index contributed by atoms with van der Waals surface area (Å²) in [5, 5.41) is 9.05. The Hall–Kier alpha value is -6.22. The molecule has 0 radical (unpaired) electrons. The molecule has 0 atom stereocenters. The molecule has 9 aromatic carbocycles. The fourth-order valence-corrected chi connectivity index (χ4v) is 13.9. The number of nitrogens with zero attached hydrogens (tertiary/aromatic N) is 2. The van der Waals surface area contributed by atoms with Gasteiger partial charge in [0.15, 0.2) is 14.3 Å². The van der Waals surface area contributed by atoms with E-state index in [-0.39, 0.29) is 0 Å². The maximum Gasteiger partial charge on any atom is 0.171 e. The predicted molar refractivity (Wildman–Crippen MR) is 242 cm³/mol. The fraction of sp³-hybridized carbons (Fsp3) is 0. The molecule has 0 bridgehead atoms. The van der Waals surface area contributed by atoms with Crippen LogP contribution in [0.15, 0.2) is 206 Å². The molecule has 7 heteroatoms. The van der Waals surface area contributed by atoms with Gasteiger partial charge in [0, 0.05) is 43.0 Å². The number of aromatic nitrogens is 2. The van der Waals surface area contributed by atoms with E-state index in [1.807, 2.05) is 133 Å². The molecular formula is C50H34N2O2P2S. The smallest absolute Gasteiger partial charge is 0.171 e. The van der Waals surface area contributed by atoms with Gasteiger partial charge in [0.25, 0.3) is 0 Å². The van der Waals surface area contributed by atoms with Crippen LogP contribution in [0.1, 0.15) is 0 Å². The second-order valence-corrected chi connectivity index (χ2v) is 20.2. The molecular weight excluding hydrogens is 755 g/mol. The molecule has 1 heterocycles. The molecule has 272 valence electrons. The van der Waals surface area contributed by atoms with E-state index in [0.717, 1.165) is 86.7 Å². The molecule has 4 nitrogen and oxygen atoms in total. The van der Waals surface area contributed by atoms with E-state index in [1.165, 1.54) is 11.7 Å². The summed E-state index contributed by atoms with van der Waals surface area (Å²) in [6.45, 7) is 0. The second-order valence-electron chi connectivity index (χ2n) is 14.2. The summed E-state index contributed by atoms with van der Waals surface area (Å²) in [6, 6.07) is 68.6. The average Bonchev–Trinajstić information content (AvgIpc) is 3.79. The summed E-state index contributed by atoms with van der Waals surface area (Å²) in [5.41, 5.74) is 5.81. The minimum Gasteiger partial charge on any atom is -0.309 e. The zero-order valence-corrected chi connectivity index (χ0v) is 33.2. The lowest BCUT2D eigenvalue weighted by molar-refractivity contribution is 0.591. The zero-order chi connectivity index (χ0) is 38.4. The van der Waals surface area contributed by atoms with Crippen LogP contribution in [-0.4, -0.2) is 8.75 Å². The highest BCUT2D eigenvalue weighted by atomic mass is 32.1. The molecule has 0 aliphatic rings. The van der Waals surface area contributed by atoms with Gasteiger partial charge in [-0.2, -0.15) is 8.75 Å². The van der Waals surface area contributed by atoms with Crippen molar-refractivity contribution < 1.29 is 9.13 Å². The monoisotopic (exact) mass is 788 g/mol. The first-order chi connectivity index (χ1) is 28.0. The Balaban J connectivity index is 1.00. The Morgan fingerprint density at radius 3 is 0.982 bits per heavy atom. The van der Waals surface area contributed by atoms with Crippen molar-refractivity contribution in [3.8, 4) is 22.3 Å². The molecule has 0 unspecified atom stereocenters. The van der Waals surface area contributed by atoms with Crippen LogP contribution in [0, 0.1) is 0 Å². The summed E-state index contributed by atoms with van der Waals surface area (Å²) < 4.78 is 39.6. The predicted octanol–water partition coefficient (Wildman–Crippen LogP) is 10.6. The van der Waals surface area contributed by atoms with Crippen LogP contribution in [0.3, 0.4) is 0 Å². The van der Waals surface area contributed by atoms with Crippen LogP contribution < -0.4 is 31.8 Å². The molecule has 57 heavy (non-hydrogen) atoms. The molecule has 0 fully saturated rings. The van der Waals surface area contributed by atoms with E-state index in [1.54, 1.807) is 0 Å². The summed E-state index contributed by atoms with van der Waals surface area (Å²) >= 11 is 1.22. The third kappa shape index (κ3) is 6.07. The topological polar surface area (TPSA) is 59.9 Å². The van der Waals surface area contributed by atoms with Crippen LogP contribution >= 0.6 is 26.0 Å². The van der Waals surface area contributed by atoms with E-state index < -0.39 is 14.3 Å². The quantitative estimate of drug-likeness (QED) is 0.144. The van der Waals surface area contributed by atoms with Gasteiger partial charge in [0.05, 0.1) is 11.7 Å². The normalized spacial score (nSPS) is 12.0. The minimum absolute atomic E-state index is 0.809. The van der Waals surface area contributed by atoms with Gasteiger partial charge in [-0.15, -0.1) is 0 Å². The van der Waals surface area contributed by atoms with Crippen molar-refractivity contribution in [2.75, 3.05) is 0 Å². The lowest BCUT2D eigenvalue weighted by atomic mass is 9.95. The van der Waals surface area contributed by atoms with Crippen molar-refractivity contribution >= 4 is 90.4 Å². The minimum atomic E-state index is -3.09. The van der Waals surface area contributed by atoms with Crippen LogP contribution in [0.5, 0.6) is 0 Å². The third-order valence-corrected chi connectivity index (χ3v) is 17.5. The molecule has 0 aliphatic heterocycles. The number of fused-ring (bicyclic) bond motifs is 3. The molecule has 1 aromatic heterocycles. The zero-order valence-electron chi connectivity index (χ0n) is 30.6. The number of rotatable bonds is 8. The molecule has 10 aromatic rings. The Morgan fingerprint density at radius 1 is 0.316 bits per heavy atom. The molecule has 0 spiro atoms. The van der Waals surface area contributed by atoms with Crippen LogP contribution in [0.25, 0.3) is 54.8 Å². The summed E-state index contributed by atoms with van der Waals surface area (Å²) in [5.74, 6) is 0. The van der Waals surface area contributed by atoms with Crippen LogP contribution in [0.4, 0.5) is 0 Å². The molecule has 0 saturated heterocycles. The van der Waals surface area contributed by atoms with Gasteiger partial charge in [-0.3, -0.25) is 0 Å². The maximum atomic E-state index is 15.0. The Kier molecular flexibility index (Phi) is 8.88. The van der Waals surface area contributed by atoms with E-state index >= 15 is 9.13 Å². The summed E-state index contributed by atoms with van der Waals surface area (Å²) in [6.07, 6.45) is 0. The van der Waals surface area contributed by atoms with Gasteiger partial charge in [0.2, 0.25) is 0 Å². The van der Waals surface area contributed by atoms with Crippen molar-refractivity contribution in [3.05, 3.63) is 206 Å². The van der Waals surface area contributed by atoms with E-state index in [4.69, 9.17) is 8.75 Å². The Morgan fingerprint density at radius 2 is 0.632 bits per heavy atom. The van der Waals surface area contributed by atoms with Crippen molar-refractivity contribution in [2.24, 2.45) is 0 Å². The molecule has 0 aliphatic carbocycles. The number of benzene rings is 9. The first kappa shape index (κ1) is 35.2. The lowest BCUT2D eigenvalue weighted by Gasteiger charge is -2.20. The standard InChI is InChI=1S/C50H34N2O2P2S/c53-55(41-13-5-1-6-14-41,42-15-7-2-8-16-42)45-27-25-35-31-39(23-21-37(35)33-45)47-29-30-48(50-49(47)51-57-52-50)40-24-22-38-34-46(28-26-36(38)32-40)56(54,43-17-9-3-10-18-43)44-19-11-4-12-20-44/h1-34H. The molecule has 0 amide bonds. The fourth-order valence-electron chi connectivity index (χ4n) is 7.97. The highest BCUT2D eigenvalue weighted by Gasteiger charge is 2.31. The van der Waals surface area contributed by atoms with Gasteiger partial charge in [-0.1, -0.05) is 182 Å². The third-order valence-electron chi connectivity index (χ3n) is 10.9. The summed E-state index contributed by atoms with van der Waals surface area (Å²) in [7, 11) is -6.18. The van der Waals surface area contributed by atoms with E-state index in [0.29, 0.717) is 0 Å². The molecule has 0 N–H and O–H groups in total. The first-order valence-corrected chi connectivity index (χ1v) is 22.9. The lowest BCUT2D eigenvalue weighted by Crippen LogP contribution is -2.24. The van der Waals surface area contributed by atoms with Crippen molar-refractivity contribution in [1.82, 2.24) is 8.75 Å². The SMILES string of the molecule is O=P(c1ccccc1)(c1ccccc1)c1ccc2cc(-c3ccc(-c4ccc5cc(P(=O)(c6ccccc6)c6ccccc6)ccc5c4)c4nsnc34)ccc2c1. The van der Waals surface area contributed by atoms with Gasteiger partial charge in [-0.05, 0) is 56.9 Å². The highest BCUT2D eigenvalue weighted by Crippen LogP contribution is 2.45. The maximum absolute atomic E-state index is 15.0. The van der Waals surface area contributed by atoms with Gasteiger partial charge < -0.3 is 9.13 Å². The average molecular weight is 789 g/mol. The van der Waals surface area contributed by atoms with Crippen LogP contribution in [-0.2, 0) is 9.13 Å². The molecule has 10 rings (SSSR count). The van der Waals surface area contributed by atoms with Gasteiger partial charge in [0.1, 0.15) is 11.0 Å². The second kappa shape index (κ2) is 14.4. The van der Waals surface area contributed by atoms with Crippen molar-refractivity contribution in [3.63, 3.8) is 0 Å². The van der Waals surface area contributed by atoms with Gasteiger partial charge >= 0.3 is 0 Å². The van der Waals surface area contributed by atoms with Crippen molar-refractivity contribution in [2.45, 2.75) is 0 Å². The van der Waals surface area contributed by atoms with E-state index in [2.05, 4.69) is 72.8 Å². The first-order valence-electron chi connectivity index (χ1n) is 18.8. The number of hydrogen-bond acceptors (Lipinski definition) is 5. The summed E-state index contributed by atoms with van der Waals surface area (Å²) in [4.78, 5) is 0. The Labute approximate surface area is 335 Å². The highest BCUT2D eigenvalue weighted by molar-refractivity contribution is 7.85. The van der Waals surface area contributed by atoms with Gasteiger partial charge in [-0.25, -0.2) is 0 Å². The van der Waals surface area contributed by atoms with Crippen LogP contribution in [0.2, 0.25) is 0 Å². The Bertz CT molecular complexity index is 2890. The number of hydrogen-bond donors (Lipinski definition) is 0. The molecule has 0 saturated carbocycles. The largest absolute Gasteiger partial charge is 0.309 e. The van der Waals surface area contributed by atoms with Crippen molar-refractivity contribution in [1.29, 1.82) is 0 Å².